The average Bonchev–Trinajstić information content (AvgIpc) is 2.76. The topological polar surface area (TPSA) is 32.6 Å². The number of fused-ring (bicyclic) bond motifs is 1. The normalized spacial score (nSPS) is 20.0. The SMILES string of the molecule is CNC1CCCN(Cc2c(C)nc3ccccn23)C1.Cl. The number of rotatable bonds is 3. The van der Waals surface area contributed by atoms with E-state index in [0.29, 0.717) is 6.04 Å². The van der Waals surface area contributed by atoms with Gasteiger partial charge in [-0.3, -0.25) is 4.90 Å². The lowest BCUT2D eigenvalue weighted by molar-refractivity contribution is 0.185. The van der Waals surface area contributed by atoms with E-state index in [2.05, 4.69) is 51.9 Å². The molecule has 0 aliphatic carbocycles. The van der Waals surface area contributed by atoms with E-state index in [4.69, 9.17) is 0 Å². The van der Waals surface area contributed by atoms with Crippen LogP contribution < -0.4 is 5.32 Å². The van der Waals surface area contributed by atoms with Crippen molar-refractivity contribution in [2.75, 3.05) is 20.1 Å². The number of halogens is 1. The first-order valence-corrected chi connectivity index (χ1v) is 7.10. The van der Waals surface area contributed by atoms with Crippen LogP contribution in [-0.2, 0) is 6.54 Å². The van der Waals surface area contributed by atoms with Crippen LogP contribution in [0.2, 0.25) is 0 Å². The first kappa shape index (κ1) is 15.3. The van der Waals surface area contributed by atoms with Crippen molar-refractivity contribution in [3.63, 3.8) is 0 Å². The van der Waals surface area contributed by atoms with Gasteiger partial charge < -0.3 is 9.72 Å². The Hall–Kier alpha value is -1.10. The molecule has 4 nitrogen and oxygen atoms in total. The minimum atomic E-state index is 0. The largest absolute Gasteiger partial charge is 0.316 e. The van der Waals surface area contributed by atoms with Crippen molar-refractivity contribution >= 4 is 18.1 Å². The molecular weight excluding hydrogens is 272 g/mol. The maximum absolute atomic E-state index is 4.64. The number of imidazole rings is 1. The van der Waals surface area contributed by atoms with Crippen molar-refractivity contribution in [3.05, 3.63) is 35.8 Å². The maximum atomic E-state index is 4.64. The van der Waals surface area contributed by atoms with Gasteiger partial charge in [-0.15, -0.1) is 12.4 Å². The van der Waals surface area contributed by atoms with Gasteiger partial charge in [0.05, 0.1) is 11.4 Å². The molecule has 0 aromatic carbocycles. The Kier molecular flexibility index (Phi) is 5.02. The Morgan fingerprint density at radius 2 is 2.25 bits per heavy atom. The van der Waals surface area contributed by atoms with Gasteiger partial charge in [0.1, 0.15) is 5.65 Å². The van der Waals surface area contributed by atoms with E-state index >= 15 is 0 Å². The standard InChI is InChI=1S/C15H22N4.ClH/c1-12-14(19-9-4-3-7-15(19)17-12)11-18-8-5-6-13(10-18)16-2;/h3-4,7,9,13,16H,5-6,8,10-11H2,1-2H3;1H. The van der Waals surface area contributed by atoms with E-state index in [9.17, 15) is 0 Å². The summed E-state index contributed by atoms with van der Waals surface area (Å²) in [7, 11) is 2.06. The summed E-state index contributed by atoms with van der Waals surface area (Å²) in [4.78, 5) is 7.17. The molecule has 2 aromatic rings. The lowest BCUT2D eigenvalue weighted by Crippen LogP contribution is -2.44. The van der Waals surface area contributed by atoms with Gasteiger partial charge in [0.15, 0.2) is 0 Å². The summed E-state index contributed by atoms with van der Waals surface area (Å²) >= 11 is 0. The van der Waals surface area contributed by atoms with Gasteiger partial charge in [-0.05, 0) is 45.5 Å². The van der Waals surface area contributed by atoms with Crippen molar-refractivity contribution in [3.8, 4) is 0 Å². The third kappa shape index (κ3) is 2.97. The summed E-state index contributed by atoms with van der Waals surface area (Å²) in [5.41, 5.74) is 3.53. The van der Waals surface area contributed by atoms with Gasteiger partial charge in [-0.2, -0.15) is 0 Å². The molecule has 0 bridgehead atoms. The van der Waals surface area contributed by atoms with E-state index in [1.54, 1.807) is 0 Å². The summed E-state index contributed by atoms with van der Waals surface area (Å²) in [5, 5.41) is 3.40. The summed E-state index contributed by atoms with van der Waals surface area (Å²) in [6.07, 6.45) is 4.69. The monoisotopic (exact) mass is 294 g/mol. The molecule has 110 valence electrons. The minimum absolute atomic E-state index is 0. The molecule has 5 heteroatoms. The van der Waals surface area contributed by atoms with Crippen molar-refractivity contribution in [2.45, 2.75) is 32.4 Å². The van der Waals surface area contributed by atoms with Crippen molar-refractivity contribution in [1.82, 2.24) is 19.6 Å². The number of piperidine rings is 1. The minimum Gasteiger partial charge on any atom is -0.316 e. The molecular formula is C15H23ClN4. The van der Waals surface area contributed by atoms with Crippen LogP contribution in [0.4, 0.5) is 0 Å². The number of pyridine rings is 1. The molecule has 0 spiro atoms. The van der Waals surface area contributed by atoms with Crippen LogP contribution in [0.15, 0.2) is 24.4 Å². The average molecular weight is 295 g/mol. The second kappa shape index (κ2) is 6.57. The molecule has 1 saturated heterocycles. The van der Waals surface area contributed by atoms with Crippen LogP contribution in [0.25, 0.3) is 5.65 Å². The van der Waals surface area contributed by atoms with Crippen LogP contribution in [0.1, 0.15) is 24.2 Å². The first-order chi connectivity index (χ1) is 9.28. The number of hydrogen-bond donors (Lipinski definition) is 1. The van der Waals surface area contributed by atoms with Gasteiger partial charge in [0.2, 0.25) is 0 Å². The van der Waals surface area contributed by atoms with Gasteiger partial charge >= 0.3 is 0 Å². The van der Waals surface area contributed by atoms with E-state index < -0.39 is 0 Å². The molecule has 1 aliphatic heterocycles. The van der Waals surface area contributed by atoms with Gasteiger partial charge in [-0.25, -0.2) is 4.98 Å². The molecule has 1 N–H and O–H groups in total. The Labute approximate surface area is 126 Å². The zero-order valence-electron chi connectivity index (χ0n) is 12.2. The third-order valence-corrected chi connectivity index (χ3v) is 4.12. The van der Waals surface area contributed by atoms with Gasteiger partial charge in [0.25, 0.3) is 0 Å². The number of aryl methyl sites for hydroxylation is 1. The number of nitrogens with one attached hydrogen (secondary N) is 1. The fraction of sp³-hybridized carbons (Fsp3) is 0.533. The number of hydrogen-bond acceptors (Lipinski definition) is 3. The highest BCUT2D eigenvalue weighted by molar-refractivity contribution is 5.85. The second-order valence-electron chi connectivity index (χ2n) is 5.44. The van der Waals surface area contributed by atoms with Gasteiger partial charge in [-0.1, -0.05) is 6.07 Å². The summed E-state index contributed by atoms with van der Waals surface area (Å²) < 4.78 is 2.22. The zero-order chi connectivity index (χ0) is 13.2. The predicted octanol–water partition coefficient (Wildman–Crippen LogP) is 2.25. The van der Waals surface area contributed by atoms with Crippen LogP contribution in [-0.4, -0.2) is 40.5 Å². The number of nitrogens with zero attached hydrogens (tertiary/aromatic N) is 3. The van der Waals surface area contributed by atoms with E-state index in [0.717, 1.165) is 24.4 Å². The lowest BCUT2D eigenvalue weighted by Gasteiger charge is -2.32. The molecule has 2 aromatic heterocycles. The molecule has 3 rings (SSSR count). The fourth-order valence-corrected chi connectivity index (χ4v) is 3.00. The van der Waals surface area contributed by atoms with Crippen LogP contribution in [0.5, 0.6) is 0 Å². The second-order valence-corrected chi connectivity index (χ2v) is 5.44. The molecule has 0 amide bonds. The Bertz CT molecular complexity index is 566. The van der Waals surface area contributed by atoms with Crippen molar-refractivity contribution in [1.29, 1.82) is 0 Å². The Morgan fingerprint density at radius 1 is 1.40 bits per heavy atom. The third-order valence-electron chi connectivity index (χ3n) is 4.12. The molecule has 20 heavy (non-hydrogen) atoms. The van der Waals surface area contributed by atoms with Crippen LogP contribution in [0, 0.1) is 6.92 Å². The molecule has 1 atom stereocenters. The maximum Gasteiger partial charge on any atom is 0.137 e. The highest BCUT2D eigenvalue weighted by Crippen LogP contribution is 2.17. The number of aromatic nitrogens is 2. The van der Waals surface area contributed by atoms with E-state index in [-0.39, 0.29) is 12.4 Å². The van der Waals surface area contributed by atoms with Crippen LogP contribution in [0.3, 0.4) is 0 Å². The molecule has 0 saturated carbocycles. The highest BCUT2D eigenvalue weighted by Gasteiger charge is 2.20. The molecule has 1 fully saturated rings. The summed E-state index contributed by atoms with van der Waals surface area (Å²) in [6, 6.07) is 6.82. The molecule has 1 aliphatic rings. The van der Waals surface area contributed by atoms with Crippen molar-refractivity contribution < 1.29 is 0 Å². The smallest absolute Gasteiger partial charge is 0.137 e. The van der Waals surface area contributed by atoms with E-state index in [1.165, 1.54) is 25.1 Å². The first-order valence-electron chi connectivity index (χ1n) is 7.10. The number of likely N-dealkylation sites (N-methyl/N-ethyl adjacent to an activating group) is 1. The number of likely N-dealkylation sites (tertiary alicyclic amines) is 1. The van der Waals surface area contributed by atoms with Crippen LogP contribution >= 0.6 is 12.4 Å². The Balaban J connectivity index is 0.00000147. The highest BCUT2D eigenvalue weighted by atomic mass is 35.5. The van der Waals surface area contributed by atoms with Crippen molar-refractivity contribution in [2.24, 2.45) is 0 Å². The molecule has 1 unspecified atom stereocenters. The van der Waals surface area contributed by atoms with E-state index in [1.807, 2.05) is 6.07 Å². The quantitative estimate of drug-likeness (QED) is 0.942. The van der Waals surface area contributed by atoms with Gasteiger partial charge in [0, 0.05) is 25.3 Å². The lowest BCUT2D eigenvalue weighted by atomic mass is 10.1. The summed E-state index contributed by atoms with van der Waals surface area (Å²) in [6.45, 7) is 5.44. The fourth-order valence-electron chi connectivity index (χ4n) is 3.00. The summed E-state index contributed by atoms with van der Waals surface area (Å²) in [5.74, 6) is 0. The zero-order valence-corrected chi connectivity index (χ0v) is 13.0. The molecule has 0 radical (unpaired) electrons. The molecule has 3 heterocycles. The predicted molar refractivity (Wildman–Crippen MR) is 84.5 cm³/mol. The Morgan fingerprint density at radius 3 is 3.05 bits per heavy atom.